The number of benzene rings is 2. The van der Waals surface area contributed by atoms with Gasteiger partial charge in [-0.25, -0.2) is 16.2 Å². The molecule has 2 aliphatic heterocycles. The Labute approximate surface area is 325 Å². The molecule has 2 fully saturated rings. The topological polar surface area (TPSA) is 108 Å². The van der Waals surface area contributed by atoms with Crippen LogP contribution in [0.2, 0.25) is 0 Å². The number of likely N-dealkylation sites (tertiary alicyclic amines) is 2. The first kappa shape index (κ1) is 48.0. The monoisotopic (exact) mass is 753 g/mol. The summed E-state index contributed by atoms with van der Waals surface area (Å²) in [5, 5.41) is 0. The highest BCUT2D eigenvalue weighted by Crippen LogP contribution is 2.31. The Bertz CT molecular complexity index is 1380. The van der Waals surface area contributed by atoms with E-state index in [4.69, 9.17) is 30.3 Å². The lowest BCUT2D eigenvalue weighted by Crippen LogP contribution is -2.48. The van der Waals surface area contributed by atoms with Crippen LogP contribution >= 0.6 is 0 Å². The number of nitrogens with zero attached hydrogens (tertiary/aromatic N) is 3. The molecule has 0 bridgehead atoms. The minimum absolute atomic E-state index is 0. The molecule has 4 rings (SSSR count). The van der Waals surface area contributed by atoms with Gasteiger partial charge in [-0.15, -0.1) is 0 Å². The van der Waals surface area contributed by atoms with Gasteiger partial charge < -0.3 is 43.1 Å². The Kier molecular flexibility index (Phi) is 21.1. The number of carbonyl (C=O) groups is 3. The van der Waals surface area contributed by atoms with E-state index in [0.717, 1.165) is 30.6 Å². The minimum Gasteiger partial charge on any atom is -0.444 e. The van der Waals surface area contributed by atoms with E-state index in [1.54, 1.807) is 9.80 Å². The standard InChI is InChI=1S/C19H26N2O3.C19H27NO4.C4H10O.CH4/c1-18(2,3)24-17(22)21-12-10-19(20-4,11-13-21)15-23-14-16-8-6-5-7-9-16;1-18(2,3)24-17(22)20-11-9-19(14-21,10-12-20)15-23-13-16-7-5-4-6-8-16;1-3-5-4-2;/h5-9H,10-15H2,1-3H3;4-8,14H,9-13,15H2,1-3H3;3-4H2,1-2H3;1H4. The fraction of sp³-hybridized carbons (Fsp3) is 0.628. The van der Waals surface area contributed by atoms with E-state index in [0.29, 0.717) is 78.3 Å². The van der Waals surface area contributed by atoms with Crippen molar-refractivity contribution in [2.45, 2.75) is 118 Å². The fourth-order valence-corrected chi connectivity index (χ4v) is 5.56. The molecule has 2 aromatic rings. The molecule has 0 N–H and O–H groups in total. The molecule has 0 spiro atoms. The Balaban J connectivity index is 0.000000472. The number of aldehydes is 1. The molecule has 2 aliphatic rings. The molecule has 0 unspecified atom stereocenters. The second kappa shape index (κ2) is 23.7. The molecular formula is C43H67N3O8. The molecule has 2 saturated heterocycles. The van der Waals surface area contributed by atoms with Crippen molar-refractivity contribution in [3.63, 3.8) is 0 Å². The van der Waals surface area contributed by atoms with E-state index < -0.39 is 22.2 Å². The summed E-state index contributed by atoms with van der Waals surface area (Å²) in [4.78, 5) is 43.0. The first-order chi connectivity index (χ1) is 25.1. The largest absolute Gasteiger partial charge is 0.444 e. The summed E-state index contributed by atoms with van der Waals surface area (Å²) in [5.41, 5.74) is 0.147. The lowest BCUT2D eigenvalue weighted by atomic mass is 9.80. The number of hydrogen-bond donors (Lipinski definition) is 0. The molecule has 0 aliphatic carbocycles. The van der Waals surface area contributed by atoms with Crippen LogP contribution in [0, 0.1) is 12.0 Å². The number of carbonyl (C=O) groups excluding carboxylic acids is 3. The molecule has 2 amide bonds. The molecule has 0 radical (unpaired) electrons. The Morgan fingerprint density at radius 2 is 1.07 bits per heavy atom. The molecule has 0 aromatic heterocycles. The molecule has 302 valence electrons. The first-order valence-corrected chi connectivity index (χ1v) is 18.7. The highest BCUT2D eigenvalue weighted by atomic mass is 16.6. The summed E-state index contributed by atoms with van der Waals surface area (Å²) in [5.74, 6) is 0. The Morgan fingerprint density at radius 1 is 0.685 bits per heavy atom. The summed E-state index contributed by atoms with van der Waals surface area (Å²) < 4.78 is 27.2. The molecular weight excluding hydrogens is 686 g/mol. The maximum absolute atomic E-state index is 12.1. The fourth-order valence-electron chi connectivity index (χ4n) is 5.56. The van der Waals surface area contributed by atoms with Gasteiger partial charge in [-0.1, -0.05) is 68.1 Å². The van der Waals surface area contributed by atoms with E-state index in [2.05, 4.69) is 4.85 Å². The third-order valence-electron chi connectivity index (χ3n) is 8.64. The zero-order valence-corrected chi connectivity index (χ0v) is 33.4. The maximum Gasteiger partial charge on any atom is 0.410 e. The van der Waals surface area contributed by atoms with Gasteiger partial charge in [0, 0.05) is 52.2 Å². The highest BCUT2D eigenvalue weighted by molar-refractivity contribution is 5.69. The summed E-state index contributed by atoms with van der Waals surface area (Å²) in [6, 6.07) is 19.8. The molecule has 11 nitrogen and oxygen atoms in total. The van der Waals surface area contributed by atoms with Crippen LogP contribution in [0.4, 0.5) is 9.59 Å². The average molecular weight is 754 g/mol. The van der Waals surface area contributed by atoms with E-state index in [-0.39, 0.29) is 19.6 Å². The maximum atomic E-state index is 12.1. The quantitative estimate of drug-likeness (QED) is 0.165. The van der Waals surface area contributed by atoms with Crippen molar-refractivity contribution in [3.05, 3.63) is 83.2 Å². The van der Waals surface area contributed by atoms with Crippen LogP contribution in [0.15, 0.2) is 60.7 Å². The molecule has 2 heterocycles. The van der Waals surface area contributed by atoms with E-state index in [9.17, 15) is 14.4 Å². The van der Waals surface area contributed by atoms with Crippen molar-refractivity contribution >= 4 is 18.5 Å². The second-order valence-electron chi connectivity index (χ2n) is 15.5. The van der Waals surface area contributed by atoms with Crippen molar-refractivity contribution in [1.29, 1.82) is 0 Å². The normalized spacial score (nSPS) is 16.1. The van der Waals surface area contributed by atoms with Crippen LogP contribution in [0.1, 0.15) is 99.6 Å². The summed E-state index contributed by atoms with van der Waals surface area (Å²) >= 11 is 0. The number of rotatable bonds is 11. The Hall–Kier alpha value is -3.98. The van der Waals surface area contributed by atoms with Crippen LogP contribution < -0.4 is 0 Å². The molecule has 11 heteroatoms. The van der Waals surface area contributed by atoms with E-state index >= 15 is 0 Å². The zero-order chi connectivity index (χ0) is 39.4. The van der Waals surface area contributed by atoms with Gasteiger partial charge in [-0.05, 0) is 79.4 Å². The summed E-state index contributed by atoms with van der Waals surface area (Å²) in [6.07, 6.45) is 2.81. The second-order valence-corrected chi connectivity index (χ2v) is 15.5. The van der Waals surface area contributed by atoms with Gasteiger partial charge in [-0.2, -0.15) is 0 Å². The number of hydrogen-bond acceptors (Lipinski definition) is 8. The minimum atomic E-state index is -0.534. The summed E-state index contributed by atoms with van der Waals surface area (Å²) in [7, 11) is 0. The summed E-state index contributed by atoms with van der Waals surface area (Å²) in [6.45, 7) is 28.2. The van der Waals surface area contributed by atoms with Crippen LogP contribution in [0.3, 0.4) is 0 Å². The Morgan fingerprint density at radius 3 is 1.41 bits per heavy atom. The van der Waals surface area contributed by atoms with Crippen molar-refractivity contribution in [2.24, 2.45) is 5.41 Å². The smallest absolute Gasteiger partial charge is 0.410 e. The van der Waals surface area contributed by atoms with Crippen LogP contribution in [0.25, 0.3) is 4.85 Å². The van der Waals surface area contributed by atoms with Gasteiger partial charge in [0.15, 0.2) is 0 Å². The van der Waals surface area contributed by atoms with Crippen LogP contribution in [-0.2, 0) is 41.7 Å². The lowest BCUT2D eigenvalue weighted by molar-refractivity contribution is -0.123. The van der Waals surface area contributed by atoms with E-state index in [1.165, 1.54) is 0 Å². The predicted molar refractivity (Wildman–Crippen MR) is 213 cm³/mol. The first-order valence-electron chi connectivity index (χ1n) is 18.7. The third-order valence-corrected chi connectivity index (χ3v) is 8.64. The highest BCUT2D eigenvalue weighted by Gasteiger charge is 2.43. The number of piperidine rings is 2. The van der Waals surface area contributed by atoms with Gasteiger partial charge in [-0.3, -0.25) is 0 Å². The predicted octanol–water partition coefficient (Wildman–Crippen LogP) is 8.99. The zero-order valence-electron chi connectivity index (χ0n) is 33.4. The van der Waals surface area contributed by atoms with Gasteiger partial charge in [0.25, 0.3) is 5.54 Å². The molecule has 0 saturated carbocycles. The van der Waals surface area contributed by atoms with Gasteiger partial charge in [0.2, 0.25) is 0 Å². The molecule has 54 heavy (non-hydrogen) atoms. The van der Waals surface area contributed by atoms with Crippen molar-refractivity contribution < 1.29 is 38.1 Å². The lowest BCUT2D eigenvalue weighted by Gasteiger charge is -2.38. The number of ether oxygens (including phenoxy) is 5. The van der Waals surface area contributed by atoms with Crippen molar-refractivity contribution in [1.82, 2.24) is 9.80 Å². The average Bonchev–Trinajstić information content (AvgIpc) is 3.12. The SMILES string of the molecule is C.CC(C)(C)OC(=O)N1CCC(C=O)(COCc2ccccc2)CC1.CCOCC.[C-]#[N+]C1(COCc2ccccc2)CCN(C(=O)OC(C)(C)C)CC1. The van der Waals surface area contributed by atoms with E-state index in [1.807, 2.05) is 116 Å². The van der Waals surface area contributed by atoms with Gasteiger partial charge >= 0.3 is 12.2 Å². The number of amides is 2. The van der Waals surface area contributed by atoms with Crippen molar-refractivity contribution in [3.8, 4) is 0 Å². The van der Waals surface area contributed by atoms with Gasteiger partial charge in [0.05, 0.1) is 25.2 Å². The van der Waals surface area contributed by atoms with Crippen LogP contribution in [-0.4, -0.2) is 97.6 Å². The van der Waals surface area contributed by atoms with Crippen LogP contribution in [0.5, 0.6) is 0 Å². The van der Waals surface area contributed by atoms with Gasteiger partial charge in [0.1, 0.15) is 24.1 Å². The van der Waals surface area contributed by atoms with Crippen molar-refractivity contribution in [2.75, 3.05) is 52.6 Å². The molecule has 0 atom stereocenters. The molecule has 2 aromatic carbocycles. The third kappa shape index (κ3) is 18.4.